The molecule has 0 saturated carbocycles. The molecule has 0 spiro atoms. The molecule has 3 heteroatoms. The second-order valence-electron chi connectivity index (χ2n) is 5.81. The second-order valence-corrected chi connectivity index (χ2v) is 5.81. The SMILES string of the molecule is COc1cccc2c3c(ccc12)[C@@H](c1ccccc1)C[C@H](O)O3. The minimum Gasteiger partial charge on any atom is -0.496 e. The third-order valence-corrected chi connectivity index (χ3v) is 4.49. The molecule has 23 heavy (non-hydrogen) atoms. The smallest absolute Gasteiger partial charge is 0.198 e. The molecule has 0 saturated heterocycles. The van der Waals surface area contributed by atoms with Gasteiger partial charge in [0.1, 0.15) is 11.5 Å². The number of aliphatic hydroxyl groups excluding tert-OH is 1. The van der Waals surface area contributed by atoms with Crippen LogP contribution >= 0.6 is 0 Å². The quantitative estimate of drug-likeness (QED) is 0.775. The first-order valence-electron chi connectivity index (χ1n) is 7.77. The summed E-state index contributed by atoms with van der Waals surface area (Å²) in [5, 5.41) is 12.2. The molecule has 3 aromatic rings. The highest BCUT2D eigenvalue weighted by molar-refractivity contribution is 5.94. The van der Waals surface area contributed by atoms with E-state index in [0.717, 1.165) is 27.8 Å². The first-order valence-corrected chi connectivity index (χ1v) is 7.77. The van der Waals surface area contributed by atoms with Crippen LogP contribution in [0, 0.1) is 0 Å². The molecule has 3 nitrogen and oxygen atoms in total. The van der Waals surface area contributed by atoms with Crippen molar-refractivity contribution in [2.45, 2.75) is 18.6 Å². The molecule has 0 fully saturated rings. The zero-order valence-corrected chi connectivity index (χ0v) is 12.9. The van der Waals surface area contributed by atoms with Gasteiger partial charge in [0.15, 0.2) is 6.29 Å². The molecule has 1 heterocycles. The molecular formula is C20H18O3. The molecule has 0 unspecified atom stereocenters. The maximum Gasteiger partial charge on any atom is 0.198 e. The molecule has 1 N–H and O–H groups in total. The predicted octanol–water partition coefficient (Wildman–Crippen LogP) is 4.08. The van der Waals surface area contributed by atoms with Crippen molar-refractivity contribution in [1.29, 1.82) is 0 Å². The molecule has 4 rings (SSSR count). The topological polar surface area (TPSA) is 38.7 Å². The van der Waals surface area contributed by atoms with Crippen LogP contribution in [-0.4, -0.2) is 18.5 Å². The molecule has 0 amide bonds. The summed E-state index contributed by atoms with van der Waals surface area (Å²) in [7, 11) is 1.66. The molecule has 3 aromatic carbocycles. The Morgan fingerprint density at radius 3 is 2.57 bits per heavy atom. The predicted molar refractivity (Wildman–Crippen MR) is 90.0 cm³/mol. The fraction of sp³-hybridized carbons (Fsp3) is 0.200. The van der Waals surface area contributed by atoms with Crippen LogP contribution in [-0.2, 0) is 0 Å². The molecular weight excluding hydrogens is 288 g/mol. The van der Waals surface area contributed by atoms with Gasteiger partial charge in [0.2, 0.25) is 0 Å². The Morgan fingerprint density at radius 2 is 1.78 bits per heavy atom. The number of fused-ring (bicyclic) bond motifs is 3. The molecule has 0 bridgehead atoms. The molecule has 1 aliphatic heterocycles. The average Bonchev–Trinajstić information content (AvgIpc) is 2.61. The van der Waals surface area contributed by atoms with Gasteiger partial charge in [-0.1, -0.05) is 54.6 Å². The van der Waals surface area contributed by atoms with E-state index < -0.39 is 6.29 Å². The number of aliphatic hydroxyl groups is 1. The summed E-state index contributed by atoms with van der Waals surface area (Å²) < 4.78 is 11.2. The maximum absolute atomic E-state index is 10.2. The summed E-state index contributed by atoms with van der Waals surface area (Å²) in [6.07, 6.45) is -0.239. The fourth-order valence-corrected chi connectivity index (χ4v) is 3.42. The summed E-state index contributed by atoms with van der Waals surface area (Å²) >= 11 is 0. The van der Waals surface area contributed by atoms with Gasteiger partial charge in [-0.05, 0) is 11.6 Å². The second kappa shape index (κ2) is 5.60. The van der Waals surface area contributed by atoms with Crippen molar-refractivity contribution in [2.24, 2.45) is 0 Å². The Kier molecular flexibility index (Phi) is 3.43. The van der Waals surface area contributed by atoms with E-state index in [1.54, 1.807) is 7.11 Å². The van der Waals surface area contributed by atoms with Crippen molar-refractivity contribution >= 4 is 10.8 Å². The summed E-state index contributed by atoms with van der Waals surface area (Å²) in [6, 6.07) is 20.3. The number of benzene rings is 3. The lowest BCUT2D eigenvalue weighted by molar-refractivity contribution is -0.0347. The Bertz CT molecular complexity index is 842. The lowest BCUT2D eigenvalue weighted by Gasteiger charge is -2.31. The van der Waals surface area contributed by atoms with Gasteiger partial charge in [-0.15, -0.1) is 0 Å². The van der Waals surface area contributed by atoms with Crippen LogP contribution in [0.25, 0.3) is 10.8 Å². The fourth-order valence-electron chi connectivity index (χ4n) is 3.42. The Balaban J connectivity index is 1.94. The van der Waals surface area contributed by atoms with Gasteiger partial charge >= 0.3 is 0 Å². The average molecular weight is 306 g/mol. The third kappa shape index (κ3) is 2.34. The van der Waals surface area contributed by atoms with Crippen molar-refractivity contribution in [1.82, 2.24) is 0 Å². The van der Waals surface area contributed by atoms with Gasteiger partial charge in [-0.25, -0.2) is 0 Å². The van der Waals surface area contributed by atoms with Gasteiger partial charge < -0.3 is 14.6 Å². The molecule has 0 aromatic heterocycles. The van der Waals surface area contributed by atoms with E-state index in [2.05, 4.69) is 24.3 Å². The number of rotatable bonds is 2. The van der Waals surface area contributed by atoms with Crippen LogP contribution in [0.1, 0.15) is 23.5 Å². The summed E-state index contributed by atoms with van der Waals surface area (Å²) in [6.45, 7) is 0. The molecule has 0 radical (unpaired) electrons. The first kappa shape index (κ1) is 14.1. The Morgan fingerprint density at radius 1 is 0.957 bits per heavy atom. The largest absolute Gasteiger partial charge is 0.496 e. The number of methoxy groups -OCH3 is 1. The number of hydrogen-bond acceptors (Lipinski definition) is 3. The van der Waals surface area contributed by atoms with Crippen molar-refractivity contribution in [3.8, 4) is 11.5 Å². The minimum absolute atomic E-state index is 0.130. The van der Waals surface area contributed by atoms with Gasteiger partial charge in [0, 0.05) is 28.7 Å². The van der Waals surface area contributed by atoms with Crippen LogP contribution < -0.4 is 9.47 Å². The Labute approximate surface area is 135 Å². The van der Waals surface area contributed by atoms with E-state index in [4.69, 9.17) is 9.47 Å². The van der Waals surface area contributed by atoms with E-state index in [-0.39, 0.29) is 5.92 Å². The highest BCUT2D eigenvalue weighted by Gasteiger charge is 2.29. The van der Waals surface area contributed by atoms with E-state index in [1.807, 2.05) is 36.4 Å². The van der Waals surface area contributed by atoms with E-state index >= 15 is 0 Å². The molecule has 2 atom stereocenters. The molecule has 116 valence electrons. The van der Waals surface area contributed by atoms with E-state index in [9.17, 15) is 5.11 Å². The number of hydrogen-bond donors (Lipinski definition) is 1. The minimum atomic E-state index is -0.801. The van der Waals surface area contributed by atoms with Crippen LogP contribution in [0.4, 0.5) is 0 Å². The monoisotopic (exact) mass is 306 g/mol. The first-order chi connectivity index (χ1) is 11.3. The lowest BCUT2D eigenvalue weighted by atomic mass is 9.85. The van der Waals surface area contributed by atoms with Crippen LogP contribution in [0.3, 0.4) is 0 Å². The lowest BCUT2D eigenvalue weighted by Crippen LogP contribution is -2.25. The normalized spacial score (nSPS) is 19.9. The summed E-state index contributed by atoms with van der Waals surface area (Å²) in [5.41, 5.74) is 2.31. The van der Waals surface area contributed by atoms with Crippen molar-refractivity contribution in [2.75, 3.05) is 7.11 Å². The highest BCUT2D eigenvalue weighted by atomic mass is 16.6. The van der Waals surface area contributed by atoms with E-state index in [0.29, 0.717) is 6.42 Å². The van der Waals surface area contributed by atoms with Crippen LogP contribution in [0.15, 0.2) is 60.7 Å². The van der Waals surface area contributed by atoms with Crippen LogP contribution in [0.2, 0.25) is 0 Å². The maximum atomic E-state index is 10.2. The van der Waals surface area contributed by atoms with Crippen molar-refractivity contribution in [3.05, 3.63) is 71.8 Å². The van der Waals surface area contributed by atoms with Crippen molar-refractivity contribution < 1.29 is 14.6 Å². The number of ether oxygens (including phenoxy) is 2. The molecule has 0 aliphatic carbocycles. The van der Waals surface area contributed by atoms with E-state index in [1.165, 1.54) is 5.56 Å². The van der Waals surface area contributed by atoms with Gasteiger partial charge in [-0.2, -0.15) is 0 Å². The zero-order valence-electron chi connectivity index (χ0n) is 12.9. The van der Waals surface area contributed by atoms with Gasteiger partial charge in [0.05, 0.1) is 7.11 Å². The van der Waals surface area contributed by atoms with Gasteiger partial charge in [0.25, 0.3) is 0 Å². The summed E-state index contributed by atoms with van der Waals surface area (Å²) in [5.74, 6) is 1.70. The summed E-state index contributed by atoms with van der Waals surface area (Å²) in [4.78, 5) is 0. The highest BCUT2D eigenvalue weighted by Crippen LogP contribution is 2.45. The van der Waals surface area contributed by atoms with Crippen LogP contribution in [0.5, 0.6) is 11.5 Å². The van der Waals surface area contributed by atoms with Gasteiger partial charge in [-0.3, -0.25) is 0 Å². The zero-order chi connectivity index (χ0) is 15.8. The Hall–Kier alpha value is -2.52. The van der Waals surface area contributed by atoms with Crippen molar-refractivity contribution in [3.63, 3.8) is 0 Å². The molecule has 1 aliphatic rings. The standard InChI is InChI=1S/C20H18O3/c1-22-18-9-5-8-15-14(18)10-11-16-17(12-19(21)23-20(15)16)13-6-3-2-4-7-13/h2-11,17,19,21H,12H2,1H3/t17-,19-/m1/s1. The third-order valence-electron chi connectivity index (χ3n) is 4.49.